The average Bonchev–Trinajstić information content (AvgIpc) is 2.31. The van der Waals surface area contributed by atoms with Crippen molar-refractivity contribution in [3.8, 4) is 0 Å². The molecule has 0 aromatic heterocycles. The molecule has 3 heteroatoms. The topological polar surface area (TPSA) is 41.5 Å². The van der Waals surface area contributed by atoms with Crippen LogP contribution in [-0.4, -0.2) is 30.9 Å². The van der Waals surface area contributed by atoms with E-state index >= 15 is 0 Å². The summed E-state index contributed by atoms with van der Waals surface area (Å²) in [6.45, 7) is 4.40. The Balaban J connectivity index is 1.91. The number of morpholine rings is 1. The maximum Gasteiger partial charge on any atom is 0.0805 e. The highest BCUT2D eigenvalue weighted by atomic mass is 16.5. The van der Waals surface area contributed by atoms with Gasteiger partial charge in [0.15, 0.2) is 0 Å². The van der Waals surface area contributed by atoms with E-state index in [9.17, 15) is 5.11 Å². The Morgan fingerprint density at radius 2 is 2.19 bits per heavy atom. The molecule has 16 heavy (non-hydrogen) atoms. The minimum Gasteiger partial charge on any atom is -0.388 e. The third-order valence-corrected chi connectivity index (χ3v) is 2.97. The first-order valence-corrected chi connectivity index (χ1v) is 5.81. The minimum absolute atomic E-state index is 0.269. The first kappa shape index (κ1) is 11.6. The van der Waals surface area contributed by atoms with Crippen LogP contribution in [0.4, 0.5) is 0 Å². The third-order valence-electron chi connectivity index (χ3n) is 2.97. The van der Waals surface area contributed by atoms with Gasteiger partial charge in [0, 0.05) is 12.6 Å². The highest BCUT2D eigenvalue weighted by Crippen LogP contribution is 2.19. The Labute approximate surface area is 96.4 Å². The Kier molecular flexibility index (Phi) is 3.93. The number of hydrogen-bond donors (Lipinski definition) is 2. The van der Waals surface area contributed by atoms with Crippen molar-refractivity contribution in [2.75, 3.05) is 19.8 Å². The summed E-state index contributed by atoms with van der Waals surface area (Å²) < 4.78 is 5.36. The van der Waals surface area contributed by atoms with Gasteiger partial charge in [0.05, 0.1) is 19.3 Å². The van der Waals surface area contributed by atoms with Gasteiger partial charge in [-0.1, -0.05) is 29.8 Å². The van der Waals surface area contributed by atoms with Crippen LogP contribution in [-0.2, 0) is 4.74 Å². The van der Waals surface area contributed by atoms with Crippen molar-refractivity contribution >= 4 is 0 Å². The number of rotatable bonds is 3. The predicted octanol–water partition coefficient (Wildman–Crippen LogP) is 1.41. The fraction of sp³-hybridized carbons (Fsp3) is 0.538. The van der Waals surface area contributed by atoms with E-state index in [-0.39, 0.29) is 6.04 Å². The summed E-state index contributed by atoms with van der Waals surface area (Å²) in [6.07, 6.45) is 0.308. The molecule has 1 saturated heterocycles. The molecule has 1 aliphatic heterocycles. The van der Waals surface area contributed by atoms with Gasteiger partial charge in [0.25, 0.3) is 0 Å². The van der Waals surface area contributed by atoms with Crippen molar-refractivity contribution in [3.05, 3.63) is 35.4 Å². The maximum absolute atomic E-state index is 10.1. The van der Waals surface area contributed by atoms with Crippen LogP contribution in [0.25, 0.3) is 0 Å². The molecule has 1 aromatic rings. The summed E-state index contributed by atoms with van der Waals surface area (Å²) in [4.78, 5) is 0. The molecule has 2 unspecified atom stereocenters. The summed E-state index contributed by atoms with van der Waals surface area (Å²) >= 11 is 0. The van der Waals surface area contributed by atoms with Gasteiger partial charge in [-0.3, -0.25) is 0 Å². The van der Waals surface area contributed by atoms with Crippen LogP contribution in [0.15, 0.2) is 24.3 Å². The van der Waals surface area contributed by atoms with Crippen LogP contribution in [0.1, 0.15) is 23.7 Å². The molecule has 2 rings (SSSR count). The number of nitrogens with one attached hydrogen (secondary N) is 1. The summed E-state index contributed by atoms with van der Waals surface area (Å²) in [7, 11) is 0. The van der Waals surface area contributed by atoms with Crippen molar-refractivity contribution in [3.63, 3.8) is 0 Å². The lowest BCUT2D eigenvalue weighted by Gasteiger charge is -2.25. The number of aliphatic hydroxyl groups is 1. The monoisotopic (exact) mass is 221 g/mol. The number of benzene rings is 1. The van der Waals surface area contributed by atoms with Gasteiger partial charge in [0.1, 0.15) is 0 Å². The summed E-state index contributed by atoms with van der Waals surface area (Å²) in [5.74, 6) is 0. The molecule has 88 valence electrons. The zero-order chi connectivity index (χ0) is 11.4. The molecule has 2 atom stereocenters. The number of ether oxygens (including phenoxy) is 1. The van der Waals surface area contributed by atoms with Crippen LogP contribution in [0.3, 0.4) is 0 Å². The minimum atomic E-state index is -0.403. The molecule has 0 bridgehead atoms. The third kappa shape index (κ3) is 3.04. The lowest BCUT2D eigenvalue weighted by atomic mass is 10.0. The molecule has 0 spiro atoms. The van der Waals surface area contributed by atoms with Crippen molar-refractivity contribution in [2.45, 2.75) is 25.5 Å². The van der Waals surface area contributed by atoms with E-state index in [1.165, 1.54) is 5.56 Å². The second kappa shape index (κ2) is 5.43. The van der Waals surface area contributed by atoms with Gasteiger partial charge in [-0.25, -0.2) is 0 Å². The highest BCUT2D eigenvalue weighted by Gasteiger charge is 2.18. The zero-order valence-electron chi connectivity index (χ0n) is 9.65. The molecule has 1 aromatic carbocycles. The van der Waals surface area contributed by atoms with E-state index < -0.39 is 6.10 Å². The van der Waals surface area contributed by atoms with Crippen LogP contribution < -0.4 is 5.32 Å². The highest BCUT2D eigenvalue weighted by molar-refractivity contribution is 5.23. The van der Waals surface area contributed by atoms with E-state index in [4.69, 9.17) is 4.74 Å². The van der Waals surface area contributed by atoms with E-state index in [0.717, 1.165) is 18.7 Å². The quantitative estimate of drug-likeness (QED) is 0.811. The van der Waals surface area contributed by atoms with Crippen molar-refractivity contribution in [1.82, 2.24) is 5.32 Å². The van der Waals surface area contributed by atoms with Crippen LogP contribution in [0.5, 0.6) is 0 Å². The zero-order valence-corrected chi connectivity index (χ0v) is 9.65. The summed E-state index contributed by atoms with van der Waals surface area (Å²) in [5, 5.41) is 13.4. The first-order valence-electron chi connectivity index (χ1n) is 5.81. The molecule has 3 nitrogen and oxygen atoms in total. The Morgan fingerprint density at radius 3 is 2.81 bits per heavy atom. The lowest BCUT2D eigenvalue weighted by Crippen LogP contribution is -2.42. The lowest BCUT2D eigenvalue weighted by molar-refractivity contribution is 0.0519. The second-order valence-electron chi connectivity index (χ2n) is 4.39. The Bertz CT molecular complexity index is 317. The fourth-order valence-corrected chi connectivity index (χ4v) is 1.97. The smallest absolute Gasteiger partial charge is 0.0805 e. The van der Waals surface area contributed by atoms with Crippen molar-refractivity contribution in [2.24, 2.45) is 0 Å². The van der Waals surface area contributed by atoms with Gasteiger partial charge in [-0.2, -0.15) is 0 Å². The largest absolute Gasteiger partial charge is 0.388 e. The fourth-order valence-electron chi connectivity index (χ4n) is 1.97. The van der Waals surface area contributed by atoms with Gasteiger partial charge < -0.3 is 15.2 Å². The van der Waals surface area contributed by atoms with Crippen molar-refractivity contribution < 1.29 is 9.84 Å². The van der Waals surface area contributed by atoms with E-state index in [1.807, 2.05) is 31.2 Å². The number of aryl methyl sites for hydroxylation is 1. The molecule has 0 radical (unpaired) electrons. The van der Waals surface area contributed by atoms with Gasteiger partial charge in [-0.05, 0) is 18.9 Å². The van der Waals surface area contributed by atoms with Crippen LogP contribution in [0.2, 0.25) is 0 Å². The Morgan fingerprint density at radius 1 is 1.44 bits per heavy atom. The average molecular weight is 221 g/mol. The maximum atomic E-state index is 10.1. The molecule has 2 N–H and O–H groups in total. The molecule has 0 saturated carbocycles. The van der Waals surface area contributed by atoms with Gasteiger partial charge in [-0.15, -0.1) is 0 Å². The molecule has 1 heterocycles. The molecular weight excluding hydrogens is 202 g/mol. The number of aliphatic hydroxyl groups excluding tert-OH is 1. The SMILES string of the molecule is Cc1ccc(C(O)CC2COCCN2)cc1. The molecular formula is C13H19NO2. The Hall–Kier alpha value is -0.900. The first-order chi connectivity index (χ1) is 7.75. The summed E-state index contributed by atoms with van der Waals surface area (Å²) in [5.41, 5.74) is 2.20. The van der Waals surface area contributed by atoms with E-state index in [2.05, 4.69) is 5.32 Å². The molecule has 1 fully saturated rings. The predicted molar refractivity (Wildman–Crippen MR) is 63.4 cm³/mol. The van der Waals surface area contributed by atoms with Crippen molar-refractivity contribution in [1.29, 1.82) is 0 Å². The standard InChI is InChI=1S/C13H19NO2/c1-10-2-4-11(5-3-10)13(15)8-12-9-16-7-6-14-12/h2-5,12-15H,6-9H2,1H3. The molecule has 0 amide bonds. The molecule has 0 aliphatic carbocycles. The van der Waals surface area contributed by atoms with Crippen LogP contribution in [0, 0.1) is 6.92 Å². The number of hydrogen-bond acceptors (Lipinski definition) is 3. The second-order valence-corrected chi connectivity index (χ2v) is 4.39. The van der Waals surface area contributed by atoms with E-state index in [0.29, 0.717) is 13.0 Å². The summed E-state index contributed by atoms with van der Waals surface area (Å²) in [6, 6.07) is 8.31. The normalized spacial score (nSPS) is 23.0. The van der Waals surface area contributed by atoms with E-state index in [1.54, 1.807) is 0 Å². The van der Waals surface area contributed by atoms with Gasteiger partial charge >= 0.3 is 0 Å². The van der Waals surface area contributed by atoms with Gasteiger partial charge in [0.2, 0.25) is 0 Å². The molecule has 1 aliphatic rings. The van der Waals surface area contributed by atoms with Crippen LogP contribution >= 0.6 is 0 Å².